The van der Waals surface area contributed by atoms with Crippen LogP contribution in [0.3, 0.4) is 0 Å². The number of hydrogen-bond donors (Lipinski definition) is 1. The molecule has 3 amide bonds. The van der Waals surface area contributed by atoms with Crippen LogP contribution in [0.15, 0.2) is 24.4 Å². The lowest BCUT2D eigenvalue weighted by Crippen LogP contribution is -2.37. The molecule has 0 atom stereocenters. The molecule has 2 aliphatic rings. The molecule has 1 aromatic heterocycles. The molecular formula is C17H18N4O4S. The zero-order valence-electron chi connectivity index (χ0n) is 14.2. The zero-order valence-corrected chi connectivity index (χ0v) is 15.0. The van der Waals surface area contributed by atoms with Gasteiger partial charge in [0.25, 0.3) is 0 Å². The van der Waals surface area contributed by atoms with Gasteiger partial charge in [-0.25, -0.2) is 9.78 Å². The molecule has 2 aliphatic heterocycles. The number of thiazole rings is 1. The first-order chi connectivity index (χ1) is 12.6. The molecule has 0 bridgehead atoms. The van der Waals surface area contributed by atoms with E-state index in [-0.39, 0.29) is 18.5 Å². The number of ether oxygens (including phenoxy) is 2. The molecule has 3 heterocycles. The van der Waals surface area contributed by atoms with E-state index in [1.807, 2.05) is 13.0 Å². The van der Waals surface area contributed by atoms with Crippen LogP contribution in [0.4, 0.5) is 15.6 Å². The molecule has 8 nitrogen and oxygen atoms in total. The number of amides is 3. The Balaban J connectivity index is 1.40. The maximum absolute atomic E-state index is 12.7. The van der Waals surface area contributed by atoms with Crippen LogP contribution >= 0.6 is 11.3 Å². The predicted octanol–water partition coefficient (Wildman–Crippen LogP) is 2.10. The summed E-state index contributed by atoms with van der Waals surface area (Å²) in [5.41, 5.74) is 0.734. The maximum atomic E-state index is 12.7. The van der Waals surface area contributed by atoms with E-state index in [9.17, 15) is 9.59 Å². The van der Waals surface area contributed by atoms with Crippen molar-refractivity contribution in [3.8, 4) is 11.5 Å². The van der Waals surface area contributed by atoms with Gasteiger partial charge in [-0.05, 0) is 19.1 Å². The summed E-state index contributed by atoms with van der Waals surface area (Å²) in [6, 6.07) is 5.23. The molecule has 26 heavy (non-hydrogen) atoms. The number of aromatic nitrogens is 1. The number of carbonyl (C=O) groups is 2. The van der Waals surface area contributed by atoms with Crippen molar-refractivity contribution < 1.29 is 19.1 Å². The minimum absolute atomic E-state index is 0.00148. The van der Waals surface area contributed by atoms with E-state index in [4.69, 9.17) is 9.47 Å². The smallest absolute Gasteiger partial charge is 0.325 e. The lowest BCUT2D eigenvalue weighted by molar-refractivity contribution is -0.116. The third kappa shape index (κ3) is 3.30. The fourth-order valence-corrected chi connectivity index (χ4v) is 3.59. The van der Waals surface area contributed by atoms with E-state index in [2.05, 4.69) is 10.3 Å². The van der Waals surface area contributed by atoms with Gasteiger partial charge in [0.15, 0.2) is 16.6 Å². The van der Waals surface area contributed by atoms with Gasteiger partial charge in [-0.15, -0.1) is 11.3 Å². The van der Waals surface area contributed by atoms with E-state index in [1.165, 1.54) is 16.2 Å². The fourth-order valence-electron chi connectivity index (χ4n) is 2.91. The van der Waals surface area contributed by atoms with Gasteiger partial charge in [0.05, 0.1) is 0 Å². The van der Waals surface area contributed by atoms with Crippen LogP contribution in [-0.4, -0.2) is 54.7 Å². The molecule has 0 unspecified atom stereocenters. The summed E-state index contributed by atoms with van der Waals surface area (Å²) in [4.78, 5) is 33.1. The van der Waals surface area contributed by atoms with E-state index in [0.717, 1.165) is 10.6 Å². The van der Waals surface area contributed by atoms with E-state index in [0.29, 0.717) is 42.9 Å². The number of nitrogens with zero attached hydrogens (tertiary/aromatic N) is 3. The van der Waals surface area contributed by atoms with Crippen LogP contribution in [0.5, 0.6) is 11.5 Å². The van der Waals surface area contributed by atoms with Crippen molar-refractivity contribution in [1.29, 1.82) is 0 Å². The maximum Gasteiger partial charge on any atom is 0.325 e. The molecule has 0 radical (unpaired) electrons. The monoisotopic (exact) mass is 374 g/mol. The summed E-state index contributed by atoms with van der Waals surface area (Å²) in [5, 5.41) is 3.27. The number of carbonyl (C=O) groups excluding carboxylic acids is 2. The van der Waals surface area contributed by atoms with Gasteiger partial charge in [0.2, 0.25) is 5.91 Å². The van der Waals surface area contributed by atoms with Crippen LogP contribution in [-0.2, 0) is 4.79 Å². The SMILES string of the molecule is Cc1cnc(NC(=O)CN2CCN(c3ccc4c(c3)OCCO4)C2=O)s1. The van der Waals surface area contributed by atoms with Gasteiger partial charge in [-0.2, -0.15) is 0 Å². The lowest BCUT2D eigenvalue weighted by Gasteiger charge is -2.22. The number of rotatable bonds is 4. The molecule has 1 aromatic carbocycles. The number of urea groups is 1. The number of anilines is 2. The zero-order chi connectivity index (χ0) is 18.1. The highest BCUT2D eigenvalue weighted by molar-refractivity contribution is 7.15. The largest absolute Gasteiger partial charge is 0.486 e. The number of nitrogens with one attached hydrogen (secondary N) is 1. The Kier molecular flexibility index (Phi) is 4.37. The second kappa shape index (κ2) is 6.83. The van der Waals surface area contributed by atoms with Crippen molar-refractivity contribution in [2.24, 2.45) is 0 Å². The molecular weight excluding hydrogens is 356 g/mol. The first-order valence-corrected chi connectivity index (χ1v) is 9.10. The number of benzene rings is 1. The number of fused-ring (bicyclic) bond motifs is 1. The summed E-state index contributed by atoms with van der Waals surface area (Å²) in [7, 11) is 0. The Labute approximate surface area is 154 Å². The average Bonchev–Trinajstić information content (AvgIpc) is 3.20. The topological polar surface area (TPSA) is 84.0 Å². The molecule has 0 spiro atoms. The summed E-state index contributed by atoms with van der Waals surface area (Å²) in [6.45, 7) is 3.93. The van der Waals surface area contributed by atoms with Gasteiger partial charge < -0.3 is 19.7 Å². The van der Waals surface area contributed by atoms with Gasteiger partial charge >= 0.3 is 6.03 Å². The normalized spacial score (nSPS) is 16.1. The number of aryl methyl sites for hydroxylation is 1. The van der Waals surface area contributed by atoms with E-state index in [1.54, 1.807) is 23.2 Å². The van der Waals surface area contributed by atoms with Gasteiger partial charge in [-0.1, -0.05) is 0 Å². The minimum atomic E-state index is -0.253. The van der Waals surface area contributed by atoms with Crippen molar-refractivity contribution in [2.75, 3.05) is 43.1 Å². The summed E-state index contributed by atoms with van der Waals surface area (Å²) >= 11 is 1.40. The van der Waals surface area contributed by atoms with Crippen molar-refractivity contribution in [2.45, 2.75) is 6.92 Å². The van der Waals surface area contributed by atoms with Crippen LogP contribution in [0.1, 0.15) is 4.88 Å². The highest BCUT2D eigenvalue weighted by Gasteiger charge is 2.31. The molecule has 1 N–H and O–H groups in total. The Morgan fingerprint density at radius 3 is 2.85 bits per heavy atom. The van der Waals surface area contributed by atoms with Crippen LogP contribution in [0.2, 0.25) is 0 Å². The van der Waals surface area contributed by atoms with E-state index < -0.39 is 0 Å². The van der Waals surface area contributed by atoms with Gasteiger partial charge in [0, 0.05) is 35.9 Å². The quantitative estimate of drug-likeness (QED) is 0.886. The molecule has 0 saturated carbocycles. The highest BCUT2D eigenvalue weighted by Crippen LogP contribution is 2.35. The second-order valence-corrected chi connectivity index (χ2v) is 7.24. The predicted molar refractivity (Wildman–Crippen MR) is 97.2 cm³/mol. The Bertz CT molecular complexity index is 853. The van der Waals surface area contributed by atoms with Crippen LogP contribution in [0.25, 0.3) is 0 Å². The second-order valence-electron chi connectivity index (χ2n) is 6.01. The first kappa shape index (κ1) is 16.6. The summed E-state index contributed by atoms with van der Waals surface area (Å²) < 4.78 is 11.1. The molecule has 9 heteroatoms. The molecule has 136 valence electrons. The minimum Gasteiger partial charge on any atom is -0.486 e. The molecule has 1 fully saturated rings. The Morgan fingerprint density at radius 1 is 1.27 bits per heavy atom. The van der Waals surface area contributed by atoms with Gasteiger partial charge in [-0.3, -0.25) is 9.69 Å². The third-order valence-electron chi connectivity index (χ3n) is 4.13. The molecule has 2 aromatic rings. The first-order valence-electron chi connectivity index (χ1n) is 8.28. The van der Waals surface area contributed by atoms with E-state index >= 15 is 0 Å². The van der Waals surface area contributed by atoms with Crippen molar-refractivity contribution in [3.63, 3.8) is 0 Å². The number of hydrogen-bond acceptors (Lipinski definition) is 6. The lowest BCUT2D eigenvalue weighted by atomic mass is 10.2. The fraction of sp³-hybridized carbons (Fsp3) is 0.353. The highest BCUT2D eigenvalue weighted by atomic mass is 32.1. The summed E-state index contributed by atoms with van der Waals surface area (Å²) in [5.74, 6) is 1.07. The van der Waals surface area contributed by atoms with Crippen molar-refractivity contribution >= 4 is 34.1 Å². The third-order valence-corrected chi connectivity index (χ3v) is 4.96. The van der Waals surface area contributed by atoms with Gasteiger partial charge in [0.1, 0.15) is 19.8 Å². The standard InChI is InChI=1S/C17H18N4O4S/c1-11-9-18-16(26-11)19-15(22)10-20-4-5-21(17(20)23)12-2-3-13-14(8-12)25-7-6-24-13/h2-3,8-9H,4-7,10H2,1H3,(H,18,19,22). The van der Waals surface area contributed by atoms with Crippen LogP contribution < -0.4 is 19.7 Å². The molecule has 4 rings (SSSR count). The Morgan fingerprint density at radius 2 is 2.08 bits per heavy atom. The summed E-state index contributed by atoms with van der Waals surface area (Å²) in [6.07, 6.45) is 1.70. The van der Waals surface area contributed by atoms with Crippen LogP contribution in [0, 0.1) is 6.92 Å². The molecule has 0 aliphatic carbocycles. The van der Waals surface area contributed by atoms with Crippen molar-refractivity contribution in [3.05, 3.63) is 29.3 Å². The molecule has 1 saturated heterocycles. The Hall–Kier alpha value is -2.81. The average molecular weight is 374 g/mol. The van der Waals surface area contributed by atoms with Crippen molar-refractivity contribution in [1.82, 2.24) is 9.88 Å².